The van der Waals surface area contributed by atoms with Gasteiger partial charge in [-0.25, -0.2) is 4.79 Å². The summed E-state index contributed by atoms with van der Waals surface area (Å²) in [4.78, 5) is 11.8. The van der Waals surface area contributed by atoms with Gasteiger partial charge in [0.25, 0.3) is 0 Å². The van der Waals surface area contributed by atoms with Gasteiger partial charge in [-0.1, -0.05) is 31.2 Å². The van der Waals surface area contributed by atoms with E-state index in [1.54, 1.807) is 30.5 Å². The Morgan fingerprint density at radius 2 is 1.95 bits per heavy atom. The molecule has 0 atom stereocenters. The van der Waals surface area contributed by atoms with Gasteiger partial charge in [0.05, 0.1) is 11.8 Å². The maximum atomic E-state index is 11.8. The summed E-state index contributed by atoms with van der Waals surface area (Å²) in [5.41, 5.74) is 2.65. The number of hydrogen-bond donors (Lipinski definition) is 0. The van der Waals surface area contributed by atoms with E-state index in [2.05, 4.69) is 6.92 Å². The Bertz CT molecular complexity index is 674. The van der Waals surface area contributed by atoms with Crippen molar-refractivity contribution in [2.75, 3.05) is 0 Å². The fourth-order valence-electron chi connectivity index (χ4n) is 2.06. The predicted octanol–water partition coefficient (Wildman–Crippen LogP) is 3.82. The molecule has 2 heterocycles. The maximum absolute atomic E-state index is 11.8. The molecular weight excluding hydrogens is 252 g/mol. The topological polar surface area (TPSA) is 39.4 Å². The van der Waals surface area contributed by atoms with Crippen molar-refractivity contribution in [1.29, 1.82) is 0 Å². The molecule has 3 heteroatoms. The Hall–Kier alpha value is -2.55. The summed E-state index contributed by atoms with van der Waals surface area (Å²) < 4.78 is 10.5. The first kappa shape index (κ1) is 12.5. The van der Waals surface area contributed by atoms with Crippen LogP contribution in [-0.2, 0) is 16.0 Å². The Morgan fingerprint density at radius 1 is 1.15 bits per heavy atom. The van der Waals surface area contributed by atoms with Gasteiger partial charge in [0.2, 0.25) is 0 Å². The zero-order chi connectivity index (χ0) is 13.9. The van der Waals surface area contributed by atoms with Crippen molar-refractivity contribution in [3.05, 3.63) is 71.2 Å². The largest absolute Gasteiger partial charge is 0.465 e. The van der Waals surface area contributed by atoms with Crippen LogP contribution in [-0.4, -0.2) is 5.97 Å². The van der Waals surface area contributed by atoms with Crippen LogP contribution in [0.4, 0.5) is 0 Å². The molecule has 0 N–H and O–H groups in total. The normalized spacial score (nSPS) is 16.4. The molecule has 0 spiro atoms. The Morgan fingerprint density at radius 3 is 2.60 bits per heavy atom. The first-order valence-corrected chi connectivity index (χ1v) is 6.54. The number of carbonyl (C=O) groups is 1. The third-order valence-electron chi connectivity index (χ3n) is 3.21. The highest BCUT2D eigenvalue weighted by atomic mass is 16.5. The van der Waals surface area contributed by atoms with Crippen molar-refractivity contribution < 1.29 is 13.9 Å². The third-order valence-corrected chi connectivity index (χ3v) is 3.21. The zero-order valence-corrected chi connectivity index (χ0v) is 11.1. The van der Waals surface area contributed by atoms with Gasteiger partial charge in [0.15, 0.2) is 0 Å². The molecule has 3 nitrogen and oxygen atoms in total. The van der Waals surface area contributed by atoms with Crippen LogP contribution in [0.2, 0.25) is 0 Å². The molecule has 3 rings (SSSR count). The van der Waals surface area contributed by atoms with Crippen LogP contribution in [0.5, 0.6) is 0 Å². The van der Waals surface area contributed by atoms with E-state index in [1.165, 1.54) is 5.56 Å². The average Bonchev–Trinajstić information content (AvgIpc) is 3.10. The first-order chi connectivity index (χ1) is 9.76. The van der Waals surface area contributed by atoms with E-state index in [0.717, 1.165) is 12.0 Å². The van der Waals surface area contributed by atoms with Crippen LogP contribution in [0.1, 0.15) is 23.8 Å². The molecule has 1 aromatic carbocycles. The molecule has 0 radical (unpaired) electrons. The van der Waals surface area contributed by atoms with E-state index in [9.17, 15) is 4.79 Å². The number of cyclic esters (lactones) is 1. The molecule has 0 amide bonds. The van der Waals surface area contributed by atoms with Crippen LogP contribution in [0.3, 0.4) is 0 Å². The Kier molecular flexibility index (Phi) is 3.25. The fourth-order valence-corrected chi connectivity index (χ4v) is 2.06. The van der Waals surface area contributed by atoms with E-state index >= 15 is 0 Å². The highest BCUT2D eigenvalue weighted by Gasteiger charge is 2.22. The highest BCUT2D eigenvalue weighted by molar-refractivity contribution is 6.04. The van der Waals surface area contributed by atoms with Gasteiger partial charge in [0.1, 0.15) is 11.5 Å². The molecule has 20 heavy (non-hydrogen) atoms. The monoisotopic (exact) mass is 266 g/mol. The molecule has 2 aromatic rings. The van der Waals surface area contributed by atoms with Gasteiger partial charge in [0, 0.05) is 5.56 Å². The van der Waals surface area contributed by atoms with E-state index < -0.39 is 0 Å². The Balaban J connectivity index is 1.89. The molecule has 0 saturated carbocycles. The average molecular weight is 266 g/mol. The molecule has 1 aliphatic heterocycles. The van der Waals surface area contributed by atoms with Crippen LogP contribution in [0.25, 0.3) is 11.8 Å². The van der Waals surface area contributed by atoms with Crippen molar-refractivity contribution in [2.24, 2.45) is 0 Å². The van der Waals surface area contributed by atoms with Crippen molar-refractivity contribution in [2.45, 2.75) is 13.3 Å². The summed E-state index contributed by atoms with van der Waals surface area (Å²) in [7, 11) is 0. The van der Waals surface area contributed by atoms with Crippen molar-refractivity contribution >= 4 is 17.8 Å². The van der Waals surface area contributed by atoms with Gasteiger partial charge < -0.3 is 9.15 Å². The molecule has 0 fully saturated rings. The molecular formula is C17H14O3. The summed E-state index contributed by atoms with van der Waals surface area (Å²) in [6.45, 7) is 2.11. The van der Waals surface area contributed by atoms with Crippen LogP contribution < -0.4 is 0 Å². The summed E-state index contributed by atoms with van der Waals surface area (Å²) in [5, 5.41) is 0. The number of ether oxygens (including phenoxy) is 1. The number of aryl methyl sites for hydroxylation is 1. The van der Waals surface area contributed by atoms with Crippen LogP contribution >= 0.6 is 0 Å². The molecule has 0 saturated heterocycles. The van der Waals surface area contributed by atoms with Gasteiger partial charge in [-0.3, -0.25) is 0 Å². The lowest BCUT2D eigenvalue weighted by Gasteiger charge is -2.02. The van der Waals surface area contributed by atoms with Crippen molar-refractivity contribution in [3.63, 3.8) is 0 Å². The zero-order valence-electron chi connectivity index (χ0n) is 11.1. The van der Waals surface area contributed by atoms with Gasteiger partial charge >= 0.3 is 5.97 Å². The van der Waals surface area contributed by atoms with Gasteiger partial charge in [-0.2, -0.15) is 0 Å². The standard InChI is InChI=1S/C17H14O3/c1-2-12-5-7-13(8-6-12)16-11-14(17(18)20-16)10-15-4-3-9-19-15/h3-11H,2H2,1H3/b14-10+. The molecule has 1 aromatic heterocycles. The number of furan rings is 1. The highest BCUT2D eigenvalue weighted by Crippen LogP contribution is 2.27. The fraction of sp³-hybridized carbons (Fsp3) is 0.118. The predicted molar refractivity (Wildman–Crippen MR) is 76.6 cm³/mol. The molecule has 1 aliphatic rings. The minimum Gasteiger partial charge on any atom is -0.465 e. The molecule has 100 valence electrons. The number of carbonyl (C=O) groups excluding carboxylic acids is 1. The minimum atomic E-state index is -0.351. The Labute approximate surface area is 117 Å². The summed E-state index contributed by atoms with van der Waals surface area (Å²) >= 11 is 0. The minimum absolute atomic E-state index is 0.351. The summed E-state index contributed by atoms with van der Waals surface area (Å²) in [5.74, 6) is 0.863. The lowest BCUT2D eigenvalue weighted by molar-refractivity contribution is -0.130. The lowest BCUT2D eigenvalue weighted by Crippen LogP contribution is -1.97. The number of esters is 1. The second-order valence-electron chi connectivity index (χ2n) is 4.56. The first-order valence-electron chi connectivity index (χ1n) is 6.54. The van der Waals surface area contributed by atoms with E-state index in [0.29, 0.717) is 17.1 Å². The third kappa shape index (κ3) is 2.43. The summed E-state index contributed by atoms with van der Waals surface area (Å²) in [6, 6.07) is 11.6. The van der Waals surface area contributed by atoms with E-state index in [-0.39, 0.29) is 5.97 Å². The summed E-state index contributed by atoms with van der Waals surface area (Å²) in [6.07, 6.45) is 5.98. The van der Waals surface area contributed by atoms with Crippen molar-refractivity contribution in [3.8, 4) is 0 Å². The second kappa shape index (κ2) is 5.21. The van der Waals surface area contributed by atoms with Gasteiger partial charge in [-0.15, -0.1) is 0 Å². The van der Waals surface area contributed by atoms with Crippen LogP contribution in [0.15, 0.2) is 58.7 Å². The van der Waals surface area contributed by atoms with E-state index in [4.69, 9.17) is 9.15 Å². The maximum Gasteiger partial charge on any atom is 0.343 e. The van der Waals surface area contributed by atoms with Crippen LogP contribution in [0, 0.1) is 0 Å². The number of benzene rings is 1. The molecule has 0 unspecified atom stereocenters. The second-order valence-corrected chi connectivity index (χ2v) is 4.56. The molecule has 0 aliphatic carbocycles. The SMILES string of the molecule is CCc1ccc(C2=C/C(=C\c3ccco3)C(=O)O2)cc1. The number of rotatable bonds is 3. The quantitative estimate of drug-likeness (QED) is 0.626. The number of hydrogen-bond acceptors (Lipinski definition) is 3. The lowest BCUT2D eigenvalue weighted by atomic mass is 10.1. The smallest absolute Gasteiger partial charge is 0.343 e. The van der Waals surface area contributed by atoms with E-state index in [1.807, 2.05) is 24.3 Å². The van der Waals surface area contributed by atoms with Gasteiger partial charge in [-0.05, 0) is 36.3 Å². The van der Waals surface area contributed by atoms with Crippen molar-refractivity contribution in [1.82, 2.24) is 0 Å². The molecule has 0 bridgehead atoms.